The van der Waals surface area contributed by atoms with Crippen molar-refractivity contribution in [2.24, 2.45) is 11.7 Å². The van der Waals surface area contributed by atoms with E-state index in [4.69, 9.17) is 10.5 Å². The van der Waals surface area contributed by atoms with E-state index in [1.54, 1.807) is 16.7 Å². The summed E-state index contributed by atoms with van der Waals surface area (Å²) in [6.07, 6.45) is 4.73. The topological polar surface area (TPSA) is 112 Å². The van der Waals surface area contributed by atoms with Crippen molar-refractivity contribution in [2.45, 2.75) is 12.8 Å². The Labute approximate surface area is 208 Å². The molecule has 2 amide bonds. The van der Waals surface area contributed by atoms with Crippen molar-refractivity contribution in [3.05, 3.63) is 83.0 Å². The van der Waals surface area contributed by atoms with E-state index in [1.807, 2.05) is 24.3 Å². The molecule has 1 saturated carbocycles. The van der Waals surface area contributed by atoms with Crippen molar-refractivity contribution in [3.63, 3.8) is 0 Å². The summed E-state index contributed by atoms with van der Waals surface area (Å²) in [4.78, 5) is 32.2. The first-order chi connectivity index (χ1) is 16.9. The molecule has 8 nitrogen and oxygen atoms in total. The average molecular weight is 536 g/mol. The summed E-state index contributed by atoms with van der Waals surface area (Å²) in [5.74, 6) is -0.399. The Balaban J connectivity index is 1.44. The van der Waals surface area contributed by atoms with Crippen LogP contribution in [0.4, 0.5) is 10.2 Å². The molecule has 35 heavy (non-hydrogen) atoms. The SMILES string of the molecule is NC(=O)c1cn(-c2ccccc2Br)c(-c2ccc(Oc3ccnc(NC(=O)C4CC4)c3)c(F)c2)n1. The minimum absolute atomic E-state index is 0.0199. The number of para-hydroxylation sites is 1. The summed E-state index contributed by atoms with van der Waals surface area (Å²) in [6, 6.07) is 14.8. The molecule has 1 fully saturated rings. The molecule has 4 aromatic rings. The normalized spacial score (nSPS) is 12.9. The summed E-state index contributed by atoms with van der Waals surface area (Å²) < 4.78 is 23.2. The highest BCUT2D eigenvalue weighted by molar-refractivity contribution is 9.10. The third kappa shape index (κ3) is 4.92. The lowest BCUT2D eigenvalue weighted by Gasteiger charge is -2.12. The molecule has 0 unspecified atom stereocenters. The predicted octanol–water partition coefficient (Wildman–Crippen LogP) is 5.08. The number of nitrogens with two attached hydrogens (primary N) is 1. The Hall–Kier alpha value is -4.05. The van der Waals surface area contributed by atoms with Crippen LogP contribution in [0.3, 0.4) is 0 Å². The second-order valence-electron chi connectivity index (χ2n) is 8.02. The van der Waals surface area contributed by atoms with E-state index in [9.17, 15) is 9.59 Å². The maximum Gasteiger partial charge on any atom is 0.268 e. The molecule has 0 atom stereocenters. The summed E-state index contributed by atoms with van der Waals surface area (Å²) in [5, 5.41) is 2.74. The van der Waals surface area contributed by atoms with Gasteiger partial charge in [0, 0.05) is 34.4 Å². The van der Waals surface area contributed by atoms with Crippen LogP contribution < -0.4 is 15.8 Å². The van der Waals surface area contributed by atoms with Gasteiger partial charge in [-0.15, -0.1) is 0 Å². The number of carbonyl (C=O) groups is 2. The number of halogens is 2. The second-order valence-corrected chi connectivity index (χ2v) is 8.88. The standard InChI is InChI=1S/C25H19BrFN5O3/c26-17-3-1-2-4-20(17)32-13-19(23(28)33)30-24(32)15-7-8-21(18(27)11-15)35-16-9-10-29-22(12-16)31-25(34)14-5-6-14/h1-4,7-14H,5-6H2,(H2,28,33)(H,29,31,34). The van der Waals surface area contributed by atoms with Gasteiger partial charge < -0.3 is 15.8 Å². The molecule has 0 bridgehead atoms. The zero-order valence-electron chi connectivity index (χ0n) is 18.2. The van der Waals surface area contributed by atoms with Crippen LogP contribution in [0, 0.1) is 11.7 Å². The Bertz CT molecular complexity index is 1450. The molecule has 2 heterocycles. The second kappa shape index (κ2) is 9.30. The number of aromatic nitrogens is 3. The van der Waals surface area contributed by atoms with Gasteiger partial charge in [-0.1, -0.05) is 12.1 Å². The van der Waals surface area contributed by atoms with E-state index in [0.29, 0.717) is 28.6 Å². The number of primary amides is 1. The van der Waals surface area contributed by atoms with Gasteiger partial charge in [-0.05, 0) is 65.2 Å². The van der Waals surface area contributed by atoms with Gasteiger partial charge >= 0.3 is 0 Å². The van der Waals surface area contributed by atoms with Crippen molar-refractivity contribution in [1.82, 2.24) is 14.5 Å². The summed E-state index contributed by atoms with van der Waals surface area (Å²) in [6.45, 7) is 0. The lowest BCUT2D eigenvalue weighted by molar-refractivity contribution is -0.117. The number of rotatable bonds is 7. The molecule has 1 aliphatic rings. The van der Waals surface area contributed by atoms with Crippen LogP contribution in [0.25, 0.3) is 17.1 Å². The monoisotopic (exact) mass is 535 g/mol. The maximum absolute atomic E-state index is 15.1. The maximum atomic E-state index is 15.1. The van der Waals surface area contributed by atoms with Crippen LogP contribution >= 0.6 is 15.9 Å². The fourth-order valence-electron chi connectivity index (χ4n) is 3.50. The van der Waals surface area contributed by atoms with Gasteiger partial charge in [0.2, 0.25) is 5.91 Å². The van der Waals surface area contributed by atoms with Crippen LogP contribution in [0.5, 0.6) is 11.5 Å². The number of amides is 2. The number of hydrogen-bond donors (Lipinski definition) is 2. The molecule has 1 aliphatic carbocycles. The number of imidazole rings is 1. The molecular formula is C25H19BrFN5O3. The third-order valence-electron chi connectivity index (χ3n) is 5.42. The van der Waals surface area contributed by atoms with E-state index < -0.39 is 11.7 Å². The van der Waals surface area contributed by atoms with Crippen LogP contribution in [-0.4, -0.2) is 26.3 Å². The molecule has 0 aliphatic heterocycles. The fraction of sp³-hybridized carbons (Fsp3) is 0.120. The summed E-state index contributed by atoms with van der Waals surface area (Å²) in [5.41, 5.74) is 6.62. The Morgan fingerprint density at radius 3 is 2.66 bits per heavy atom. The molecule has 0 radical (unpaired) electrons. The summed E-state index contributed by atoms with van der Waals surface area (Å²) in [7, 11) is 0. The van der Waals surface area contributed by atoms with E-state index in [-0.39, 0.29) is 23.3 Å². The van der Waals surface area contributed by atoms with E-state index in [2.05, 4.69) is 31.2 Å². The molecule has 0 spiro atoms. The largest absolute Gasteiger partial charge is 0.454 e. The zero-order chi connectivity index (χ0) is 24.5. The smallest absolute Gasteiger partial charge is 0.268 e. The van der Waals surface area contributed by atoms with Crippen LogP contribution in [-0.2, 0) is 4.79 Å². The molecular weight excluding hydrogens is 517 g/mol. The number of ether oxygens (including phenoxy) is 1. The van der Waals surface area contributed by atoms with Crippen molar-refractivity contribution in [1.29, 1.82) is 0 Å². The predicted molar refractivity (Wildman–Crippen MR) is 131 cm³/mol. The molecule has 2 aromatic carbocycles. The van der Waals surface area contributed by atoms with Gasteiger partial charge in [-0.2, -0.15) is 0 Å². The number of nitrogens with one attached hydrogen (secondary N) is 1. The van der Waals surface area contributed by atoms with Crippen LogP contribution in [0.1, 0.15) is 23.3 Å². The quantitative estimate of drug-likeness (QED) is 0.342. The van der Waals surface area contributed by atoms with Gasteiger partial charge in [-0.25, -0.2) is 14.4 Å². The van der Waals surface area contributed by atoms with Crippen LogP contribution in [0.2, 0.25) is 0 Å². The number of nitrogens with zero attached hydrogens (tertiary/aromatic N) is 3. The Morgan fingerprint density at radius 1 is 1.14 bits per heavy atom. The van der Waals surface area contributed by atoms with E-state index >= 15 is 4.39 Å². The highest BCUT2D eigenvalue weighted by Gasteiger charge is 2.29. The van der Waals surface area contributed by atoms with Gasteiger partial charge in [0.15, 0.2) is 11.6 Å². The number of pyridine rings is 1. The number of benzene rings is 2. The third-order valence-corrected chi connectivity index (χ3v) is 6.09. The Kier molecular flexibility index (Phi) is 6.04. The molecule has 3 N–H and O–H groups in total. The fourth-order valence-corrected chi connectivity index (χ4v) is 3.98. The zero-order valence-corrected chi connectivity index (χ0v) is 19.8. The van der Waals surface area contributed by atoms with Crippen LogP contribution in [0.15, 0.2) is 71.5 Å². The van der Waals surface area contributed by atoms with Gasteiger partial charge in [0.05, 0.1) is 5.69 Å². The van der Waals surface area contributed by atoms with E-state index in [1.165, 1.54) is 30.6 Å². The molecule has 5 rings (SSSR count). The van der Waals surface area contributed by atoms with Gasteiger partial charge in [-0.3, -0.25) is 14.2 Å². The van der Waals surface area contributed by atoms with Gasteiger partial charge in [0.1, 0.15) is 23.1 Å². The average Bonchev–Trinajstić information content (AvgIpc) is 3.60. The molecule has 0 saturated heterocycles. The van der Waals surface area contributed by atoms with Crippen molar-refractivity contribution >= 4 is 33.6 Å². The minimum atomic E-state index is -0.695. The molecule has 2 aromatic heterocycles. The highest BCUT2D eigenvalue weighted by atomic mass is 79.9. The Morgan fingerprint density at radius 2 is 1.94 bits per heavy atom. The first kappa shape index (κ1) is 22.7. The first-order valence-electron chi connectivity index (χ1n) is 10.8. The number of carbonyl (C=O) groups excluding carboxylic acids is 2. The lowest BCUT2D eigenvalue weighted by Crippen LogP contribution is -2.14. The number of anilines is 1. The summed E-state index contributed by atoms with van der Waals surface area (Å²) >= 11 is 3.49. The highest BCUT2D eigenvalue weighted by Crippen LogP contribution is 2.33. The lowest BCUT2D eigenvalue weighted by atomic mass is 10.2. The van der Waals surface area contributed by atoms with E-state index in [0.717, 1.165) is 17.3 Å². The van der Waals surface area contributed by atoms with Crippen molar-refractivity contribution in [3.8, 4) is 28.6 Å². The molecule has 10 heteroatoms. The van der Waals surface area contributed by atoms with Crippen molar-refractivity contribution < 1.29 is 18.7 Å². The van der Waals surface area contributed by atoms with Crippen molar-refractivity contribution in [2.75, 3.05) is 5.32 Å². The minimum Gasteiger partial charge on any atom is -0.454 e. The van der Waals surface area contributed by atoms with Gasteiger partial charge in [0.25, 0.3) is 5.91 Å². The first-order valence-corrected chi connectivity index (χ1v) is 11.6. The molecule has 176 valence electrons. The number of hydrogen-bond acceptors (Lipinski definition) is 5.